The van der Waals surface area contributed by atoms with Crippen LogP contribution in [-0.2, 0) is 29.8 Å². The molecule has 13 heteroatoms. The Kier molecular flexibility index (Phi) is 8.67. The number of sulfonamides is 1. The number of anilines is 1. The van der Waals surface area contributed by atoms with Crippen molar-refractivity contribution in [2.45, 2.75) is 63.0 Å². The van der Waals surface area contributed by atoms with Crippen molar-refractivity contribution in [3.05, 3.63) is 92.7 Å². The number of halogens is 3. The van der Waals surface area contributed by atoms with Gasteiger partial charge in [0.25, 0.3) is 5.91 Å². The third kappa shape index (κ3) is 5.77. The molecule has 238 valence electrons. The number of nitrogens with one attached hydrogen (secondary N) is 3. The van der Waals surface area contributed by atoms with Gasteiger partial charge in [0.15, 0.2) is 5.60 Å². The molecule has 3 aromatic carbocycles. The van der Waals surface area contributed by atoms with Crippen molar-refractivity contribution in [3.8, 4) is 5.75 Å². The van der Waals surface area contributed by atoms with Gasteiger partial charge in [0.1, 0.15) is 17.0 Å². The maximum atomic E-state index is 14.8. The number of aryl methyl sites for hydroxylation is 1. The summed E-state index contributed by atoms with van der Waals surface area (Å²) in [6, 6.07) is 12.7. The summed E-state index contributed by atoms with van der Waals surface area (Å²) in [5, 5.41) is 6.53. The molecule has 0 bridgehead atoms. The molecule has 45 heavy (non-hydrogen) atoms. The van der Waals surface area contributed by atoms with Crippen LogP contribution in [0.5, 0.6) is 5.75 Å². The molecular formula is C32H32Cl2FN3O6S. The first kappa shape index (κ1) is 32.7. The zero-order valence-electron chi connectivity index (χ0n) is 25.0. The topological polar surface area (TPSA) is 131 Å². The largest absolute Gasteiger partial charge is 0.477 e. The van der Waals surface area contributed by atoms with Crippen LogP contribution in [0.25, 0.3) is 0 Å². The van der Waals surface area contributed by atoms with Gasteiger partial charge >= 0.3 is 0 Å². The number of carbonyl (C=O) groups excluding carboxylic acids is 3. The van der Waals surface area contributed by atoms with Gasteiger partial charge in [-0.1, -0.05) is 49.2 Å². The fraction of sp³-hybridized carbons (Fsp3) is 0.344. The van der Waals surface area contributed by atoms with E-state index in [0.717, 1.165) is 6.26 Å². The number of hydrogen-bond donors (Lipinski definition) is 3. The lowest BCUT2D eigenvalue weighted by Gasteiger charge is -2.47. The molecule has 3 aromatic rings. The summed E-state index contributed by atoms with van der Waals surface area (Å²) in [6.07, 6.45) is 0.861. The summed E-state index contributed by atoms with van der Waals surface area (Å²) < 4.78 is 47.2. The van der Waals surface area contributed by atoms with Crippen LogP contribution in [0.2, 0.25) is 10.0 Å². The molecule has 1 fully saturated rings. The van der Waals surface area contributed by atoms with Crippen LogP contribution in [0, 0.1) is 12.7 Å². The van der Waals surface area contributed by atoms with Gasteiger partial charge in [0.05, 0.1) is 12.3 Å². The van der Waals surface area contributed by atoms with Crippen LogP contribution in [0.3, 0.4) is 0 Å². The predicted octanol–water partition coefficient (Wildman–Crippen LogP) is 5.69. The first-order chi connectivity index (χ1) is 21.1. The second-order valence-electron chi connectivity index (χ2n) is 11.5. The highest BCUT2D eigenvalue weighted by molar-refractivity contribution is 7.89. The molecule has 1 saturated heterocycles. The molecule has 1 spiro atoms. The van der Waals surface area contributed by atoms with E-state index < -0.39 is 56.5 Å². The average Bonchev–Trinajstić information content (AvgIpc) is 3.24. The molecule has 3 N–H and O–H groups in total. The van der Waals surface area contributed by atoms with Crippen molar-refractivity contribution < 1.29 is 31.9 Å². The van der Waals surface area contributed by atoms with Crippen LogP contribution >= 0.6 is 23.2 Å². The molecule has 0 aromatic heterocycles. The Bertz CT molecular complexity index is 1830. The number of benzene rings is 3. The minimum absolute atomic E-state index is 0.0934. The zero-order valence-corrected chi connectivity index (χ0v) is 27.3. The first-order valence-corrected chi connectivity index (χ1v) is 17.0. The first-order valence-electron chi connectivity index (χ1n) is 14.3. The SMILES string of the molecule is CCC(CC)(Oc1ccc(Cl)cc1[C@H]1CC(=O)N[C@@H](c2cc(F)ccc2C)[C@]12C(=O)Nc1cc(Cl)ccc12)C(=O)NS(C)(=O)=O. The number of rotatable bonds is 8. The molecule has 9 nitrogen and oxygen atoms in total. The quantitative estimate of drug-likeness (QED) is 0.281. The second-order valence-corrected chi connectivity index (χ2v) is 14.1. The lowest BCUT2D eigenvalue weighted by molar-refractivity contribution is -0.136. The van der Waals surface area contributed by atoms with E-state index in [2.05, 4.69) is 10.6 Å². The maximum absolute atomic E-state index is 14.8. The van der Waals surface area contributed by atoms with E-state index >= 15 is 0 Å². The Morgan fingerprint density at radius 1 is 1.04 bits per heavy atom. The van der Waals surface area contributed by atoms with Crippen LogP contribution < -0.4 is 20.1 Å². The minimum atomic E-state index is -3.92. The second kappa shape index (κ2) is 11.9. The highest BCUT2D eigenvalue weighted by Gasteiger charge is 2.62. The number of piperidine rings is 1. The van der Waals surface area contributed by atoms with Crippen molar-refractivity contribution in [3.63, 3.8) is 0 Å². The molecule has 3 atom stereocenters. The summed E-state index contributed by atoms with van der Waals surface area (Å²) >= 11 is 12.8. The van der Waals surface area contributed by atoms with Gasteiger partial charge in [-0.3, -0.25) is 14.4 Å². The maximum Gasteiger partial charge on any atom is 0.277 e. The van der Waals surface area contributed by atoms with Crippen molar-refractivity contribution in [1.82, 2.24) is 10.0 Å². The van der Waals surface area contributed by atoms with Crippen molar-refractivity contribution in [2.75, 3.05) is 11.6 Å². The lowest BCUT2D eigenvalue weighted by Crippen LogP contribution is -2.57. The van der Waals surface area contributed by atoms with Crippen molar-refractivity contribution >= 4 is 56.6 Å². The number of fused-ring (bicyclic) bond motifs is 2. The van der Waals surface area contributed by atoms with Crippen molar-refractivity contribution in [2.24, 2.45) is 0 Å². The molecule has 0 radical (unpaired) electrons. The van der Waals surface area contributed by atoms with Crippen LogP contribution in [0.1, 0.15) is 67.3 Å². The van der Waals surface area contributed by atoms with E-state index in [1.807, 2.05) is 4.72 Å². The Hall–Kier alpha value is -3.67. The van der Waals surface area contributed by atoms with Crippen LogP contribution in [0.4, 0.5) is 10.1 Å². The fourth-order valence-corrected chi connectivity index (χ4v) is 7.44. The Balaban J connectivity index is 1.78. The molecule has 2 aliphatic heterocycles. The van der Waals surface area contributed by atoms with Crippen LogP contribution in [0.15, 0.2) is 54.6 Å². The van der Waals surface area contributed by atoms with E-state index in [4.69, 9.17) is 27.9 Å². The van der Waals surface area contributed by atoms with Gasteiger partial charge in [0.2, 0.25) is 21.8 Å². The molecule has 2 aliphatic rings. The van der Waals surface area contributed by atoms with Gasteiger partial charge in [-0.25, -0.2) is 17.5 Å². The Morgan fingerprint density at radius 3 is 2.38 bits per heavy atom. The minimum Gasteiger partial charge on any atom is -0.477 e. The molecule has 3 amide bonds. The standard InChI is InChI=1S/C32H32Cl2FN3O6S/c1-5-31(6-2,29(40)38-45(4,42)43)44-26-12-9-18(33)13-22(26)24-16-27(39)37-28(21-15-20(35)10-7-17(21)3)32(24)23-11-8-19(34)14-25(23)36-30(32)41/h7-15,24,28H,5-6,16H2,1-4H3,(H,36,41)(H,37,39)(H,38,40)/t24-,28+,32-/m1/s1. The Morgan fingerprint density at radius 2 is 1.71 bits per heavy atom. The van der Waals surface area contributed by atoms with Gasteiger partial charge < -0.3 is 15.4 Å². The lowest BCUT2D eigenvalue weighted by atomic mass is 9.59. The summed E-state index contributed by atoms with van der Waals surface area (Å²) in [7, 11) is -3.92. The number of hydrogen-bond acceptors (Lipinski definition) is 6. The summed E-state index contributed by atoms with van der Waals surface area (Å²) in [4.78, 5) is 41.3. The fourth-order valence-electron chi connectivity index (χ4n) is 6.56. The van der Waals surface area contributed by atoms with Gasteiger partial charge in [-0.05, 0) is 78.9 Å². The highest BCUT2D eigenvalue weighted by atomic mass is 35.5. The van der Waals surface area contributed by atoms with E-state index in [1.54, 1.807) is 51.1 Å². The van der Waals surface area contributed by atoms with Gasteiger partial charge in [-0.2, -0.15) is 0 Å². The monoisotopic (exact) mass is 675 g/mol. The normalized spacial score (nSPS) is 21.2. The molecule has 5 rings (SSSR count). The highest BCUT2D eigenvalue weighted by Crippen LogP contribution is 2.59. The molecule has 0 aliphatic carbocycles. The van der Waals surface area contributed by atoms with Crippen molar-refractivity contribution in [1.29, 1.82) is 0 Å². The average molecular weight is 677 g/mol. The van der Waals surface area contributed by atoms with E-state index in [1.165, 1.54) is 24.3 Å². The van der Waals surface area contributed by atoms with Crippen LogP contribution in [-0.4, -0.2) is 38.0 Å². The molecule has 0 unspecified atom stereocenters. The third-order valence-corrected chi connectivity index (χ3v) is 9.82. The number of ether oxygens (including phenoxy) is 1. The molecular weight excluding hydrogens is 644 g/mol. The summed E-state index contributed by atoms with van der Waals surface area (Å²) in [6.45, 7) is 5.13. The number of carbonyl (C=O) groups is 3. The van der Waals surface area contributed by atoms with Gasteiger partial charge in [-0.15, -0.1) is 0 Å². The Labute approximate surface area is 270 Å². The van der Waals surface area contributed by atoms with Gasteiger partial charge in [0, 0.05) is 33.6 Å². The zero-order chi connectivity index (χ0) is 32.9. The van der Waals surface area contributed by atoms with E-state index in [0.29, 0.717) is 33.0 Å². The smallest absolute Gasteiger partial charge is 0.277 e. The predicted molar refractivity (Wildman–Crippen MR) is 170 cm³/mol. The summed E-state index contributed by atoms with van der Waals surface area (Å²) in [5.41, 5.74) is -0.835. The van der Waals surface area contributed by atoms with E-state index in [9.17, 15) is 27.2 Å². The molecule has 0 saturated carbocycles. The third-order valence-electron chi connectivity index (χ3n) is 8.79. The molecule has 2 heterocycles. The summed E-state index contributed by atoms with van der Waals surface area (Å²) in [5.74, 6) is -3.09. The number of amides is 3. The van der Waals surface area contributed by atoms with E-state index in [-0.39, 0.29) is 30.0 Å².